The largest absolute Gasteiger partial charge is 0.367 e. The molecule has 0 N–H and O–H groups in total. The number of hydrogen-bond donors (Lipinski definition) is 0. The molecule has 2 saturated heterocycles. The zero-order valence-corrected chi connectivity index (χ0v) is 11.6. The number of rotatable bonds is 3. The predicted octanol–water partition coefficient (Wildman–Crippen LogP) is 2.95. The van der Waals surface area contributed by atoms with E-state index in [4.69, 9.17) is 4.84 Å². The highest BCUT2D eigenvalue weighted by molar-refractivity contribution is 5.75. The van der Waals surface area contributed by atoms with E-state index in [0.717, 1.165) is 25.7 Å². The monoisotopic (exact) mass is 259 g/mol. The Morgan fingerprint density at radius 2 is 2.05 bits per heavy atom. The highest BCUT2D eigenvalue weighted by Crippen LogP contribution is 2.43. The molecule has 0 saturated carbocycles. The average molecular weight is 259 g/mol. The van der Waals surface area contributed by atoms with Gasteiger partial charge in [0.05, 0.1) is 17.5 Å². The average Bonchev–Trinajstić information content (AvgIpc) is 2.86. The van der Waals surface area contributed by atoms with Gasteiger partial charge in [0.1, 0.15) is 0 Å². The summed E-state index contributed by atoms with van der Waals surface area (Å²) in [6.07, 6.45) is 4.01. The van der Waals surface area contributed by atoms with Crippen molar-refractivity contribution in [3.63, 3.8) is 0 Å². The molecule has 2 heterocycles. The Bertz CT molecular complexity index is 469. The Morgan fingerprint density at radius 3 is 2.79 bits per heavy atom. The zero-order valence-electron chi connectivity index (χ0n) is 11.6. The lowest BCUT2D eigenvalue weighted by atomic mass is 9.92. The van der Waals surface area contributed by atoms with Crippen molar-refractivity contribution in [2.45, 2.75) is 51.1 Å². The second kappa shape index (κ2) is 4.64. The topological polar surface area (TPSA) is 29.5 Å². The van der Waals surface area contributed by atoms with Gasteiger partial charge >= 0.3 is 5.97 Å². The second-order valence-electron chi connectivity index (χ2n) is 6.29. The number of nitrogens with zero attached hydrogens (tertiary/aromatic N) is 1. The van der Waals surface area contributed by atoms with Crippen LogP contribution in [-0.4, -0.2) is 22.6 Å². The molecule has 0 amide bonds. The predicted molar refractivity (Wildman–Crippen MR) is 73.3 cm³/mol. The third-order valence-electron chi connectivity index (χ3n) is 4.49. The van der Waals surface area contributed by atoms with E-state index in [9.17, 15) is 4.79 Å². The summed E-state index contributed by atoms with van der Waals surface area (Å²) in [7, 11) is 0. The van der Waals surface area contributed by atoms with Crippen LogP contribution < -0.4 is 0 Å². The molecule has 1 aromatic carbocycles. The number of carbonyl (C=O) groups is 1. The minimum Gasteiger partial charge on any atom is -0.367 e. The van der Waals surface area contributed by atoms with Crippen LogP contribution in [-0.2, 0) is 16.1 Å². The molecule has 102 valence electrons. The van der Waals surface area contributed by atoms with Gasteiger partial charge in [-0.1, -0.05) is 30.3 Å². The first-order valence-corrected chi connectivity index (χ1v) is 7.13. The number of aryl methyl sites for hydroxylation is 1. The number of fused-ring (bicyclic) bond motifs is 1. The van der Waals surface area contributed by atoms with Gasteiger partial charge in [0.25, 0.3) is 0 Å². The van der Waals surface area contributed by atoms with Gasteiger partial charge < -0.3 is 4.84 Å². The number of hydroxylamine groups is 2. The van der Waals surface area contributed by atoms with Gasteiger partial charge in [0, 0.05) is 0 Å². The SMILES string of the molecule is CC1(C)CC[C@H]2[C@@H](CCc3ccccc3)C(=O)ON21. The molecule has 0 unspecified atom stereocenters. The Labute approximate surface area is 114 Å². The van der Waals surface area contributed by atoms with Crippen molar-refractivity contribution in [3.8, 4) is 0 Å². The number of benzene rings is 1. The van der Waals surface area contributed by atoms with Crippen molar-refractivity contribution in [2.24, 2.45) is 5.92 Å². The molecule has 2 atom stereocenters. The molecule has 0 aromatic heterocycles. The lowest BCUT2D eigenvalue weighted by molar-refractivity contribution is -0.191. The Kier molecular flexibility index (Phi) is 3.09. The Balaban J connectivity index is 1.67. The van der Waals surface area contributed by atoms with Crippen LogP contribution >= 0.6 is 0 Å². The fourth-order valence-electron chi connectivity index (χ4n) is 3.33. The van der Waals surface area contributed by atoms with E-state index >= 15 is 0 Å². The second-order valence-corrected chi connectivity index (χ2v) is 6.29. The van der Waals surface area contributed by atoms with Crippen molar-refractivity contribution >= 4 is 5.97 Å². The molecule has 0 bridgehead atoms. The van der Waals surface area contributed by atoms with Crippen LogP contribution in [0, 0.1) is 5.92 Å². The maximum Gasteiger partial charge on any atom is 0.329 e. The molecule has 0 spiro atoms. The van der Waals surface area contributed by atoms with Crippen LogP contribution in [0.3, 0.4) is 0 Å². The summed E-state index contributed by atoms with van der Waals surface area (Å²) in [5.41, 5.74) is 1.30. The Morgan fingerprint density at radius 1 is 1.32 bits per heavy atom. The lowest BCUT2D eigenvalue weighted by Crippen LogP contribution is -2.39. The van der Waals surface area contributed by atoms with Crippen LogP contribution in [0.1, 0.15) is 38.7 Å². The van der Waals surface area contributed by atoms with Crippen LogP contribution in [0.25, 0.3) is 0 Å². The first kappa shape index (κ1) is 12.7. The number of hydrogen-bond acceptors (Lipinski definition) is 3. The van der Waals surface area contributed by atoms with Gasteiger partial charge in [-0.25, -0.2) is 4.79 Å². The highest BCUT2D eigenvalue weighted by atomic mass is 16.7. The fraction of sp³-hybridized carbons (Fsp3) is 0.562. The van der Waals surface area contributed by atoms with Gasteiger partial charge in [0.15, 0.2) is 0 Å². The molecule has 3 rings (SSSR count). The third-order valence-corrected chi connectivity index (χ3v) is 4.49. The standard InChI is InChI=1S/C16H21NO2/c1-16(2)11-10-14-13(15(18)19-17(14)16)9-8-12-6-4-3-5-7-12/h3-7,13-14H,8-11H2,1-2H3/t13-,14+/m1/s1. The van der Waals surface area contributed by atoms with Crippen molar-refractivity contribution in [1.82, 2.24) is 5.06 Å². The van der Waals surface area contributed by atoms with Gasteiger partial charge in [0.2, 0.25) is 0 Å². The smallest absolute Gasteiger partial charge is 0.329 e. The minimum absolute atomic E-state index is 0.00181. The molecule has 2 aliphatic rings. The maximum absolute atomic E-state index is 12.0. The molecule has 0 radical (unpaired) electrons. The highest BCUT2D eigenvalue weighted by Gasteiger charge is 2.53. The first-order valence-electron chi connectivity index (χ1n) is 7.13. The van der Waals surface area contributed by atoms with Crippen molar-refractivity contribution in [1.29, 1.82) is 0 Å². The van der Waals surface area contributed by atoms with Crippen molar-refractivity contribution in [2.75, 3.05) is 0 Å². The van der Waals surface area contributed by atoms with E-state index in [1.54, 1.807) is 0 Å². The summed E-state index contributed by atoms with van der Waals surface area (Å²) >= 11 is 0. The van der Waals surface area contributed by atoms with Crippen molar-refractivity contribution < 1.29 is 9.63 Å². The van der Waals surface area contributed by atoms with Gasteiger partial charge in [-0.2, -0.15) is 0 Å². The van der Waals surface area contributed by atoms with Gasteiger partial charge in [-0.15, -0.1) is 5.06 Å². The summed E-state index contributed by atoms with van der Waals surface area (Å²) in [6.45, 7) is 4.31. The van der Waals surface area contributed by atoms with Crippen LogP contribution in [0.2, 0.25) is 0 Å². The quantitative estimate of drug-likeness (QED) is 0.836. The molecular formula is C16H21NO2. The molecule has 0 aliphatic carbocycles. The molecule has 3 nitrogen and oxygen atoms in total. The van der Waals surface area contributed by atoms with Gasteiger partial charge in [-0.05, 0) is 45.1 Å². The van der Waals surface area contributed by atoms with Crippen LogP contribution in [0.4, 0.5) is 0 Å². The molecule has 2 fully saturated rings. The first-order chi connectivity index (χ1) is 9.08. The van der Waals surface area contributed by atoms with Crippen LogP contribution in [0.5, 0.6) is 0 Å². The molecule has 2 aliphatic heterocycles. The van der Waals surface area contributed by atoms with Crippen molar-refractivity contribution in [3.05, 3.63) is 35.9 Å². The van der Waals surface area contributed by atoms with E-state index in [1.807, 2.05) is 23.3 Å². The van der Waals surface area contributed by atoms with E-state index in [-0.39, 0.29) is 23.5 Å². The summed E-state index contributed by atoms with van der Waals surface area (Å²) < 4.78 is 0. The normalized spacial score (nSPS) is 29.3. The molecule has 3 heteroatoms. The van der Waals surface area contributed by atoms with E-state index in [0.29, 0.717) is 0 Å². The maximum atomic E-state index is 12.0. The van der Waals surface area contributed by atoms with Gasteiger partial charge in [-0.3, -0.25) is 0 Å². The van der Waals surface area contributed by atoms with Crippen LogP contribution in [0.15, 0.2) is 30.3 Å². The summed E-state index contributed by atoms with van der Waals surface area (Å²) in [6, 6.07) is 10.6. The lowest BCUT2D eigenvalue weighted by Gasteiger charge is -2.27. The number of carbonyl (C=O) groups excluding carboxylic acids is 1. The summed E-state index contributed by atoms with van der Waals surface area (Å²) in [5, 5.41) is 1.95. The van der Waals surface area contributed by atoms with E-state index in [1.165, 1.54) is 5.56 Å². The Hall–Kier alpha value is -1.35. The van der Waals surface area contributed by atoms with E-state index < -0.39 is 0 Å². The summed E-state index contributed by atoms with van der Waals surface area (Å²) in [5.74, 6) is 0.00990. The zero-order chi connectivity index (χ0) is 13.5. The minimum atomic E-state index is -0.0336. The molecule has 1 aromatic rings. The fourth-order valence-corrected chi connectivity index (χ4v) is 3.33. The molecule has 19 heavy (non-hydrogen) atoms. The molecular weight excluding hydrogens is 238 g/mol. The summed E-state index contributed by atoms with van der Waals surface area (Å²) in [4.78, 5) is 17.5. The van der Waals surface area contributed by atoms with E-state index in [2.05, 4.69) is 26.0 Å². The third kappa shape index (κ3) is 2.27.